The fraction of sp³-hybridized carbons (Fsp3) is 0.316. The van der Waals surface area contributed by atoms with Crippen LogP contribution in [0.25, 0.3) is 0 Å². The summed E-state index contributed by atoms with van der Waals surface area (Å²) in [6, 6.07) is 17.8. The van der Waals surface area contributed by atoms with E-state index in [0.29, 0.717) is 18.7 Å². The normalized spacial score (nSPS) is 20.0. The molecule has 1 aliphatic rings. The van der Waals surface area contributed by atoms with E-state index in [1.54, 1.807) is 19.1 Å². The van der Waals surface area contributed by atoms with Crippen molar-refractivity contribution in [3.63, 3.8) is 0 Å². The maximum Gasteiger partial charge on any atom is 0.340 e. The molecule has 2 aromatic rings. The molecule has 2 aromatic carbocycles. The molecule has 1 unspecified atom stereocenters. The van der Waals surface area contributed by atoms with Crippen LogP contribution in [0.2, 0.25) is 0 Å². The number of benzene rings is 2. The summed E-state index contributed by atoms with van der Waals surface area (Å²) >= 11 is 0. The maximum atomic E-state index is 12.3. The Hall–Kier alpha value is -1.88. The quantitative estimate of drug-likeness (QED) is 0.863. The minimum Gasteiger partial charge on any atom is -0.428 e. The molecule has 0 saturated carbocycles. The molecule has 0 bridgehead atoms. The zero-order valence-electron chi connectivity index (χ0n) is 13.7. The fourth-order valence-electron chi connectivity index (χ4n) is 2.62. The third kappa shape index (κ3) is 4.81. The van der Waals surface area contributed by atoms with Gasteiger partial charge in [-0.3, -0.25) is 0 Å². The highest BCUT2D eigenvalue weighted by molar-refractivity contribution is 5.89. The predicted octanol–water partition coefficient (Wildman–Crippen LogP) is 3.19. The summed E-state index contributed by atoms with van der Waals surface area (Å²) in [5.74, 6) is -1.25. The van der Waals surface area contributed by atoms with Gasteiger partial charge in [0.25, 0.3) is 0 Å². The van der Waals surface area contributed by atoms with Gasteiger partial charge in [0, 0.05) is 13.5 Å². The van der Waals surface area contributed by atoms with E-state index in [2.05, 4.69) is 17.4 Å². The molecule has 0 aliphatic carbocycles. The number of ether oxygens (including phenoxy) is 2. The number of esters is 1. The lowest BCUT2D eigenvalue weighted by Gasteiger charge is -2.33. The van der Waals surface area contributed by atoms with Crippen molar-refractivity contribution in [2.24, 2.45) is 0 Å². The number of morpholine rings is 1. The Morgan fingerprint density at radius 2 is 1.79 bits per heavy atom. The van der Waals surface area contributed by atoms with Crippen molar-refractivity contribution in [3.8, 4) is 0 Å². The first kappa shape index (κ1) is 18.5. The van der Waals surface area contributed by atoms with Crippen molar-refractivity contribution in [1.82, 2.24) is 5.32 Å². The molecule has 24 heavy (non-hydrogen) atoms. The number of carbonyl (C=O) groups excluding carboxylic acids is 1. The molecule has 0 amide bonds. The van der Waals surface area contributed by atoms with E-state index in [-0.39, 0.29) is 18.4 Å². The number of halogens is 1. The molecule has 1 aliphatic heterocycles. The lowest BCUT2D eigenvalue weighted by Crippen LogP contribution is -2.50. The van der Waals surface area contributed by atoms with Crippen LogP contribution in [-0.2, 0) is 15.9 Å². The van der Waals surface area contributed by atoms with Gasteiger partial charge < -0.3 is 14.8 Å². The van der Waals surface area contributed by atoms with Crippen LogP contribution in [0.15, 0.2) is 54.6 Å². The Morgan fingerprint density at radius 3 is 2.42 bits per heavy atom. The molecule has 1 N–H and O–H groups in total. The van der Waals surface area contributed by atoms with Gasteiger partial charge >= 0.3 is 5.97 Å². The summed E-state index contributed by atoms with van der Waals surface area (Å²) in [7, 11) is 0. The van der Waals surface area contributed by atoms with Gasteiger partial charge in [-0.2, -0.15) is 0 Å². The second-order valence-corrected chi connectivity index (χ2v) is 5.91. The van der Waals surface area contributed by atoms with Gasteiger partial charge in [-0.25, -0.2) is 4.79 Å². The second kappa shape index (κ2) is 8.29. The Balaban J connectivity index is 0.00000208. The zero-order chi connectivity index (χ0) is 16.1. The zero-order valence-corrected chi connectivity index (χ0v) is 14.5. The van der Waals surface area contributed by atoms with Gasteiger partial charge in [0.1, 0.15) is 0 Å². The van der Waals surface area contributed by atoms with E-state index >= 15 is 0 Å². The molecule has 3 rings (SSSR count). The molecule has 0 spiro atoms. The third-order valence-corrected chi connectivity index (χ3v) is 3.88. The van der Waals surface area contributed by atoms with Crippen LogP contribution < -0.4 is 5.32 Å². The Labute approximate surface area is 148 Å². The summed E-state index contributed by atoms with van der Waals surface area (Å²) in [4.78, 5) is 12.3. The lowest BCUT2D eigenvalue weighted by molar-refractivity contribution is -0.201. The van der Waals surface area contributed by atoms with Crippen molar-refractivity contribution in [1.29, 1.82) is 0 Å². The van der Waals surface area contributed by atoms with E-state index in [9.17, 15) is 4.79 Å². The number of rotatable bonds is 4. The van der Waals surface area contributed by atoms with Crippen LogP contribution in [0, 0.1) is 0 Å². The Bertz CT molecular complexity index is 652. The highest BCUT2D eigenvalue weighted by Gasteiger charge is 2.32. The van der Waals surface area contributed by atoms with Crippen molar-refractivity contribution in [3.05, 3.63) is 71.3 Å². The summed E-state index contributed by atoms with van der Waals surface area (Å²) in [5, 5.41) is 3.17. The number of hydrogen-bond acceptors (Lipinski definition) is 4. The average Bonchev–Trinajstić information content (AvgIpc) is 2.57. The smallest absolute Gasteiger partial charge is 0.340 e. The molecule has 1 atom stereocenters. The van der Waals surface area contributed by atoms with Gasteiger partial charge in [0.2, 0.25) is 5.79 Å². The van der Waals surface area contributed by atoms with Crippen molar-refractivity contribution in [2.45, 2.75) is 19.1 Å². The number of carbonyl (C=O) groups is 1. The van der Waals surface area contributed by atoms with Gasteiger partial charge in [-0.15, -0.1) is 12.4 Å². The first-order chi connectivity index (χ1) is 11.1. The number of hydrogen-bond donors (Lipinski definition) is 1. The van der Waals surface area contributed by atoms with Crippen LogP contribution >= 0.6 is 12.4 Å². The summed E-state index contributed by atoms with van der Waals surface area (Å²) in [5.41, 5.74) is 2.95. The summed E-state index contributed by atoms with van der Waals surface area (Å²) in [6.45, 7) is 3.60. The van der Waals surface area contributed by atoms with Crippen molar-refractivity contribution in [2.75, 3.05) is 19.7 Å². The van der Waals surface area contributed by atoms with Gasteiger partial charge in [0.05, 0.1) is 18.7 Å². The fourth-order valence-corrected chi connectivity index (χ4v) is 2.62. The van der Waals surface area contributed by atoms with Gasteiger partial charge in [-0.1, -0.05) is 42.5 Å². The topological polar surface area (TPSA) is 47.6 Å². The highest BCUT2D eigenvalue weighted by atomic mass is 35.5. The standard InChI is InChI=1S/C19H21NO3.ClH/c1-19(14-20-11-12-22-19)23-18(21)17-9-7-16(8-10-17)13-15-5-3-2-4-6-15;/h2-10,20H,11-14H2,1H3;1H. The molecule has 4 nitrogen and oxygen atoms in total. The molecular weight excluding hydrogens is 326 g/mol. The first-order valence-electron chi connectivity index (χ1n) is 7.85. The highest BCUT2D eigenvalue weighted by Crippen LogP contribution is 2.18. The van der Waals surface area contributed by atoms with E-state index < -0.39 is 5.79 Å². The summed E-state index contributed by atoms with van der Waals surface area (Å²) < 4.78 is 11.1. The summed E-state index contributed by atoms with van der Waals surface area (Å²) in [6.07, 6.45) is 0.848. The molecule has 0 radical (unpaired) electrons. The minimum atomic E-state index is -0.891. The van der Waals surface area contributed by atoms with Crippen molar-refractivity contribution < 1.29 is 14.3 Å². The largest absolute Gasteiger partial charge is 0.428 e. The van der Waals surface area contributed by atoms with Crippen LogP contribution in [0.5, 0.6) is 0 Å². The molecule has 1 saturated heterocycles. The average molecular weight is 348 g/mol. The first-order valence-corrected chi connectivity index (χ1v) is 7.85. The molecule has 5 heteroatoms. The third-order valence-electron chi connectivity index (χ3n) is 3.88. The van der Waals surface area contributed by atoms with Crippen LogP contribution in [0.3, 0.4) is 0 Å². The number of nitrogens with one attached hydrogen (secondary N) is 1. The molecule has 0 aromatic heterocycles. The van der Waals surface area contributed by atoms with E-state index in [1.807, 2.05) is 30.3 Å². The van der Waals surface area contributed by atoms with E-state index in [1.165, 1.54) is 5.56 Å². The minimum absolute atomic E-state index is 0. The molecule has 1 fully saturated rings. The Kier molecular flexibility index (Phi) is 6.37. The maximum absolute atomic E-state index is 12.3. The molecular formula is C19H22ClNO3. The van der Waals surface area contributed by atoms with Gasteiger partial charge in [-0.05, 0) is 29.7 Å². The van der Waals surface area contributed by atoms with E-state index in [4.69, 9.17) is 9.47 Å². The van der Waals surface area contributed by atoms with Crippen LogP contribution in [-0.4, -0.2) is 31.5 Å². The SMILES string of the molecule is CC1(OC(=O)c2ccc(Cc3ccccc3)cc2)CNCCO1.Cl. The monoisotopic (exact) mass is 347 g/mol. The molecule has 1 heterocycles. The van der Waals surface area contributed by atoms with E-state index in [0.717, 1.165) is 18.5 Å². The lowest BCUT2D eigenvalue weighted by atomic mass is 10.0. The van der Waals surface area contributed by atoms with Crippen molar-refractivity contribution >= 4 is 18.4 Å². The second-order valence-electron chi connectivity index (χ2n) is 5.91. The van der Waals surface area contributed by atoms with Crippen LogP contribution in [0.4, 0.5) is 0 Å². The molecule has 128 valence electrons. The Morgan fingerprint density at radius 1 is 1.12 bits per heavy atom. The predicted molar refractivity (Wildman–Crippen MR) is 95.6 cm³/mol. The van der Waals surface area contributed by atoms with Gasteiger partial charge in [0.15, 0.2) is 0 Å². The van der Waals surface area contributed by atoms with Crippen LogP contribution in [0.1, 0.15) is 28.4 Å².